The van der Waals surface area contributed by atoms with Gasteiger partial charge in [0, 0.05) is 39.3 Å². The van der Waals surface area contributed by atoms with Crippen LogP contribution in [0.5, 0.6) is 0 Å². The molecule has 0 aromatic heterocycles. The highest BCUT2D eigenvalue weighted by Crippen LogP contribution is 2.58. The predicted octanol–water partition coefficient (Wildman–Crippen LogP) is 2.14. The molecule has 12 atom stereocenters. The molecular formula is C48H67N3O14. The van der Waals surface area contributed by atoms with E-state index < -0.39 is 103 Å². The zero-order valence-corrected chi connectivity index (χ0v) is 37.6. The van der Waals surface area contributed by atoms with Crippen molar-refractivity contribution in [2.75, 3.05) is 33.4 Å². The van der Waals surface area contributed by atoms with Gasteiger partial charge in [0.15, 0.2) is 18.1 Å². The first-order valence-corrected chi connectivity index (χ1v) is 23.3. The largest absolute Gasteiger partial charge is 0.458 e. The summed E-state index contributed by atoms with van der Waals surface area (Å²) in [7, 11) is 1.58. The summed E-state index contributed by atoms with van der Waals surface area (Å²) >= 11 is 0. The van der Waals surface area contributed by atoms with Crippen LogP contribution in [0.2, 0.25) is 0 Å². The van der Waals surface area contributed by atoms with Gasteiger partial charge >= 0.3 is 5.97 Å². The Kier molecular flexibility index (Phi) is 16.5. The lowest BCUT2D eigenvalue weighted by Crippen LogP contribution is -2.70. The van der Waals surface area contributed by atoms with E-state index in [1.807, 2.05) is 54.6 Å². The molecule has 17 heteroatoms. The molecule has 0 unspecified atom stereocenters. The number of nitrogens with one attached hydrogen (secondary N) is 1. The number of carbonyl (C=O) groups is 3. The second-order valence-electron chi connectivity index (χ2n) is 18.0. The van der Waals surface area contributed by atoms with Crippen LogP contribution in [-0.2, 0) is 55.9 Å². The summed E-state index contributed by atoms with van der Waals surface area (Å²) in [6, 6.07) is 14.6. The van der Waals surface area contributed by atoms with Crippen LogP contribution in [0.15, 0.2) is 60.7 Å². The van der Waals surface area contributed by atoms with Gasteiger partial charge in [-0.15, -0.1) is 0 Å². The minimum absolute atomic E-state index is 0.000437. The predicted molar refractivity (Wildman–Crippen MR) is 234 cm³/mol. The van der Waals surface area contributed by atoms with Crippen molar-refractivity contribution in [1.82, 2.24) is 15.3 Å². The van der Waals surface area contributed by atoms with Crippen molar-refractivity contribution in [2.24, 2.45) is 5.41 Å². The van der Waals surface area contributed by atoms with Crippen molar-refractivity contribution in [3.8, 4) is 0 Å². The number of unbranched alkanes of at least 4 members (excludes halogenated alkanes) is 4. The second kappa shape index (κ2) is 21.8. The quantitative estimate of drug-likeness (QED) is 0.0736. The normalized spacial score (nSPS) is 32.0. The van der Waals surface area contributed by atoms with Crippen LogP contribution >= 0.6 is 0 Å². The lowest BCUT2D eigenvalue weighted by molar-refractivity contribution is -0.298. The molecule has 2 bridgehead atoms. The summed E-state index contributed by atoms with van der Waals surface area (Å²) in [4.78, 5) is 52.4. The molecular weight excluding hydrogens is 843 g/mol. The zero-order chi connectivity index (χ0) is 46.3. The van der Waals surface area contributed by atoms with E-state index in [4.69, 9.17) is 28.5 Å². The molecule has 17 nitrogen and oxygen atoms in total. The zero-order valence-electron chi connectivity index (χ0n) is 37.6. The van der Waals surface area contributed by atoms with Crippen molar-refractivity contribution in [2.45, 2.75) is 158 Å². The fourth-order valence-corrected chi connectivity index (χ4v) is 10.2. The first kappa shape index (κ1) is 49.1. The molecule has 4 aliphatic heterocycles. The van der Waals surface area contributed by atoms with Crippen LogP contribution in [0.25, 0.3) is 6.08 Å². The summed E-state index contributed by atoms with van der Waals surface area (Å²) in [6.45, 7) is 3.46. The number of hydrogen-bond acceptors (Lipinski definition) is 15. The Bertz CT molecular complexity index is 1930. The van der Waals surface area contributed by atoms with Crippen LogP contribution in [0, 0.1) is 5.41 Å². The maximum Gasteiger partial charge on any atom is 0.327 e. The number of benzene rings is 2. The van der Waals surface area contributed by atoms with Gasteiger partial charge in [-0.3, -0.25) is 19.2 Å². The maximum absolute atomic E-state index is 15.6. The highest BCUT2D eigenvalue weighted by molar-refractivity contribution is 5.96. The molecule has 5 fully saturated rings. The molecule has 358 valence electrons. The first-order chi connectivity index (χ1) is 31.4. The van der Waals surface area contributed by atoms with E-state index in [2.05, 4.69) is 19.2 Å². The van der Waals surface area contributed by atoms with E-state index >= 15 is 4.79 Å². The van der Waals surface area contributed by atoms with Crippen LogP contribution in [0.3, 0.4) is 0 Å². The fraction of sp³-hybridized carbons (Fsp3) is 0.646. The van der Waals surface area contributed by atoms with Gasteiger partial charge in [0.2, 0.25) is 11.8 Å². The molecule has 7 rings (SSSR count). The molecule has 6 N–H and O–H groups in total. The van der Waals surface area contributed by atoms with Gasteiger partial charge in [-0.2, -0.15) is 5.06 Å². The molecule has 65 heavy (non-hydrogen) atoms. The fourth-order valence-electron chi connectivity index (χ4n) is 10.2. The molecule has 0 spiro atoms. The lowest BCUT2D eigenvalue weighted by Gasteiger charge is -2.50. The van der Waals surface area contributed by atoms with Crippen LogP contribution in [0.4, 0.5) is 0 Å². The Morgan fingerprint density at radius 3 is 2.34 bits per heavy atom. The Morgan fingerprint density at radius 1 is 0.938 bits per heavy atom. The number of aliphatic hydroxyl groups is 5. The maximum atomic E-state index is 15.6. The Hall–Kier alpha value is -3.85. The highest BCUT2D eigenvalue weighted by Gasteiger charge is 2.76. The van der Waals surface area contributed by atoms with Crippen LogP contribution in [-0.4, -0.2) is 160 Å². The molecule has 2 aromatic rings. The minimum atomic E-state index is -1.56. The topological polar surface area (TPSA) is 226 Å². The number of hydroxylamine groups is 2. The second-order valence-corrected chi connectivity index (χ2v) is 18.0. The SMILES string of the molecule is CCCCCC1(CCCCC)O[C@@H]2[C@H](O1)[C@H]1ON(Cc3cccc(C=CCO[C@H]4O[C@H](CO)[C@H](O)[C@H](O)[C@H]4O)c3)[C@H]3C(=O)O[C@@H]2C[C@@]13C(=O)N(C)[C@H](Cc1ccccc1)C(=O)NCCO. The molecule has 4 saturated heterocycles. The van der Waals surface area contributed by atoms with Crippen molar-refractivity contribution in [3.05, 3.63) is 77.4 Å². The van der Waals surface area contributed by atoms with Gasteiger partial charge in [-0.1, -0.05) is 106 Å². The minimum Gasteiger partial charge on any atom is -0.458 e. The summed E-state index contributed by atoms with van der Waals surface area (Å²) in [5.74, 6) is -2.49. The van der Waals surface area contributed by atoms with E-state index in [9.17, 15) is 35.1 Å². The number of rotatable bonds is 22. The smallest absolute Gasteiger partial charge is 0.327 e. The number of nitrogens with zero attached hydrogens (tertiary/aromatic N) is 2. The van der Waals surface area contributed by atoms with Crippen molar-refractivity contribution in [3.63, 3.8) is 0 Å². The molecule has 0 radical (unpaired) electrons. The van der Waals surface area contributed by atoms with Gasteiger partial charge in [-0.25, -0.2) is 0 Å². The Labute approximate surface area is 380 Å². The molecule has 1 saturated carbocycles. The summed E-state index contributed by atoms with van der Waals surface area (Å²) in [5.41, 5.74) is 0.784. The van der Waals surface area contributed by atoms with Crippen molar-refractivity contribution in [1.29, 1.82) is 0 Å². The third-order valence-corrected chi connectivity index (χ3v) is 13.6. The third kappa shape index (κ3) is 10.4. The highest BCUT2D eigenvalue weighted by atomic mass is 16.8. The number of ether oxygens (including phenoxy) is 5. The van der Waals surface area contributed by atoms with Gasteiger partial charge in [0.1, 0.15) is 60.3 Å². The van der Waals surface area contributed by atoms with Crippen LogP contribution < -0.4 is 5.32 Å². The standard InChI is InChI=1S/C48H67N3O14/c1-4-6-11-20-47(21-12-7-5-2)63-39-34-27-48(46(59)50(3)33(43(57)49-22-23-52)26-31-15-9-8-10-16-31)41(44(58)61-34)51(65-42(48)40(39)64-47)28-32-18-13-17-30(25-32)19-14-24-60-45-38(56)37(55)36(54)35(29-53)62-45/h8-10,13-19,25,33-42,45,52-56H,4-7,11-12,20-24,26-29H2,1-3H3,(H,49,57)/t33-,34-,35-,36+,37+,38-,39+,40+,41+,42-,45+,48+/m1/s1. The molecule has 2 aromatic carbocycles. The molecule has 5 aliphatic rings. The molecule has 1 aliphatic carbocycles. The van der Waals surface area contributed by atoms with Gasteiger partial charge < -0.3 is 59.4 Å². The molecule has 4 heterocycles. The Balaban J connectivity index is 1.18. The number of amides is 2. The van der Waals surface area contributed by atoms with Gasteiger partial charge in [0.25, 0.3) is 0 Å². The number of carbonyl (C=O) groups excluding carboxylic acids is 3. The first-order valence-electron chi connectivity index (χ1n) is 23.3. The average molecular weight is 910 g/mol. The summed E-state index contributed by atoms with van der Waals surface area (Å²) in [6.07, 6.45) is 0.509. The summed E-state index contributed by atoms with van der Waals surface area (Å²) < 4.78 is 31.3. The van der Waals surface area contributed by atoms with E-state index in [1.165, 1.54) is 9.96 Å². The van der Waals surface area contributed by atoms with E-state index in [0.29, 0.717) is 12.8 Å². The number of esters is 1. The van der Waals surface area contributed by atoms with Gasteiger partial charge in [0.05, 0.1) is 26.4 Å². The third-order valence-electron chi connectivity index (χ3n) is 13.6. The van der Waals surface area contributed by atoms with E-state index in [-0.39, 0.29) is 39.1 Å². The van der Waals surface area contributed by atoms with Crippen LogP contribution in [0.1, 0.15) is 88.3 Å². The number of aliphatic hydroxyl groups excluding tert-OH is 5. The van der Waals surface area contributed by atoms with E-state index in [0.717, 1.165) is 55.2 Å². The number of hydrogen-bond donors (Lipinski definition) is 6. The summed E-state index contributed by atoms with van der Waals surface area (Å²) in [5, 5.41) is 54.0. The Morgan fingerprint density at radius 2 is 1.65 bits per heavy atom. The average Bonchev–Trinajstić information content (AvgIpc) is 3.87. The number of likely N-dealkylation sites (N-methyl/N-ethyl adjacent to an activating group) is 1. The van der Waals surface area contributed by atoms with Crippen molar-refractivity contribution < 1.29 is 68.4 Å². The molecule has 2 amide bonds. The van der Waals surface area contributed by atoms with E-state index in [1.54, 1.807) is 19.2 Å². The lowest BCUT2D eigenvalue weighted by atomic mass is 9.62. The van der Waals surface area contributed by atoms with Gasteiger partial charge in [-0.05, 0) is 29.5 Å². The number of fused-ring (bicyclic) bond motifs is 4. The monoisotopic (exact) mass is 909 g/mol. The van der Waals surface area contributed by atoms with Crippen molar-refractivity contribution >= 4 is 23.9 Å².